The van der Waals surface area contributed by atoms with Crippen LogP contribution in [-0.2, 0) is 17.9 Å². The number of benzene rings is 2. The van der Waals surface area contributed by atoms with Crippen molar-refractivity contribution in [2.45, 2.75) is 26.1 Å². The van der Waals surface area contributed by atoms with Crippen LogP contribution < -0.4 is 14.8 Å². The zero-order chi connectivity index (χ0) is 19.3. The van der Waals surface area contributed by atoms with E-state index in [1.165, 1.54) is 0 Å². The highest BCUT2D eigenvalue weighted by Gasteiger charge is 2.15. The lowest BCUT2D eigenvalue weighted by molar-refractivity contribution is -0.139. The summed E-state index contributed by atoms with van der Waals surface area (Å²) in [6.07, 6.45) is 0. The number of carbonyl (C=O) groups is 1. The minimum atomic E-state index is -0.907. The van der Waals surface area contributed by atoms with E-state index >= 15 is 0 Å². The van der Waals surface area contributed by atoms with Gasteiger partial charge in [-0.05, 0) is 52.7 Å². The van der Waals surface area contributed by atoms with Crippen LogP contribution in [0.1, 0.15) is 18.1 Å². The van der Waals surface area contributed by atoms with Crippen LogP contribution in [0.4, 0.5) is 0 Å². The first kappa shape index (κ1) is 20.8. The number of hydrogen-bond acceptors (Lipinski definition) is 4. The lowest BCUT2D eigenvalue weighted by atomic mass is 10.2. The summed E-state index contributed by atoms with van der Waals surface area (Å²) in [6, 6.07) is 8.20. The standard InChI is InChI=1S/C18H18BrCl2NO4/c1-10(18(23)24)22-8-11-5-14(19)17(16(6-11)25-2)26-9-12-3-4-13(20)7-15(12)21/h3-7,10,22H,8-9H2,1-2H3,(H,23,24). The molecule has 0 heterocycles. The summed E-state index contributed by atoms with van der Waals surface area (Å²) in [5.41, 5.74) is 1.66. The highest BCUT2D eigenvalue weighted by Crippen LogP contribution is 2.37. The number of carboxylic acid groups (broad SMARTS) is 1. The number of methoxy groups -OCH3 is 1. The number of carboxylic acids is 1. The maximum Gasteiger partial charge on any atom is 0.320 e. The average Bonchev–Trinajstić information content (AvgIpc) is 2.59. The fraction of sp³-hybridized carbons (Fsp3) is 0.278. The Morgan fingerprint density at radius 1 is 1.31 bits per heavy atom. The van der Waals surface area contributed by atoms with E-state index in [-0.39, 0.29) is 6.61 Å². The molecule has 2 aromatic carbocycles. The first-order valence-electron chi connectivity index (χ1n) is 7.71. The summed E-state index contributed by atoms with van der Waals surface area (Å²) in [6.45, 7) is 2.21. The Kier molecular flexibility index (Phi) is 7.58. The Morgan fingerprint density at radius 3 is 2.65 bits per heavy atom. The van der Waals surface area contributed by atoms with Crippen molar-refractivity contribution in [1.29, 1.82) is 0 Å². The molecule has 0 aliphatic rings. The summed E-state index contributed by atoms with van der Waals surface area (Å²) in [5.74, 6) is 0.161. The predicted molar refractivity (Wildman–Crippen MR) is 105 cm³/mol. The maximum absolute atomic E-state index is 10.9. The lowest BCUT2D eigenvalue weighted by Gasteiger charge is -2.16. The van der Waals surface area contributed by atoms with E-state index in [2.05, 4.69) is 21.2 Å². The molecule has 2 rings (SSSR count). The highest BCUT2D eigenvalue weighted by atomic mass is 79.9. The van der Waals surface area contributed by atoms with Gasteiger partial charge in [0, 0.05) is 22.2 Å². The van der Waals surface area contributed by atoms with Crippen LogP contribution in [0, 0.1) is 0 Å². The van der Waals surface area contributed by atoms with Crippen molar-refractivity contribution in [3.05, 3.63) is 56.0 Å². The molecular weight excluding hydrogens is 445 g/mol. The Balaban J connectivity index is 2.14. The van der Waals surface area contributed by atoms with E-state index in [0.29, 0.717) is 32.6 Å². The quantitative estimate of drug-likeness (QED) is 0.583. The van der Waals surface area contributed by atoms with Crippen LogP contribution in [0.5, 0.6) is 11.5 Å². The molecule has 0 saturated heterocycles. The van der Waals surface area contributed by atoms with Gasteiger partial charge in [-0.3, -0.25) is 4.79 Å². The molecule has 0 aliphatic heterocycles. The van der Waals surface area contributed by atoms with E-state index in [1.54, 1.807) is 38.3 Å². The first-order chi connectivity index (χ1) is 12.3. The summed E-state index contributed by atoms with van der Waals surface area (Å²) >= 11 is 15.5. The molecule has 140 valence electrons. The van der Waals surface area contributed by atoms with Crippen LogP contribution in [-0.4, -0.2) is 24.2 Å². The molecular formula is C18H18BrCl2NO4. The van der Waals surface area contributed by atoms with E-state index in [0.717, 1.165) is 11.1 Å². The van der Waals surface area contributed by atoms with Gasteiger partial charge in [0.25, 0.3) is 0 Å². The fourth-order valence-electron chi connectivity index (χ4n) is 2.16. The molecule has 8 heteroatoms. The molecule has 0 aliphatic carbocycles. The van der Waals surface area contributed by atoms with E-state index in [4.69, 9.17) is 37.8 Å². The minimum Gasteiger partial charge on any atom is -0.493 e. The van der Waals surface area contributed by atoms with Crippen LogP contribution in [0.25, 0.3) is 0 Å². The molecule has 0 fully saturated rings. The van der Waals surface area contributed by atoms with Gasteiger partial charge in [-0.15, -0.1) is 0 Å². The number of rotatable bonds is 8. The Morgan fingerprint density at radius 2 is 2.04 bits per heavy atom. The smallest absolute Gasteiger partial charge is 0.320 e. The van der Waals surface area contributed by atoms with Crippen molar-refractivity contribution in [2.24, 2.45) is 0 Å². The van der Waals surface area contributed by atoms with Gasteiger partial charge in [-0.1, -0.05) is 29.3 Å². The highest BCUT2D eigenvalue weighted by molar-refractivity contribution is 9.10. The van der Waals surface area contributed by atoms with Crippen molar-refractivity contribution in [3.8, 4) is 11.5 Å². The largest absolute Gasteiger partial charge is 0.493 e. The van der Waals surface area contributed by atoms with Gasteiger partial charge in [0.05, 0.1) is 11.6 Å². The maximum atomic E-state index is 10.9. The molecule has 1 unspecified atom stereocenters. The number of ether oxygens (including phenoxy) is 2. The molecule has 0 amide bonds. The molecule has 0 aromatic heterocycles. The first-order valence-corrected chi connectivity index (χ1v) is 9.26. The Hall–Kier alpha value is -1.47. The molecule has 0 bridgehead atoms. The summed E-state index contributed by atoms with van der Waals surface area (Å²) in [5, 5.41) is 12.9. The van der Waals surface area contributed by atoms with Gasteiger partial charge in [0.15, 0.2) is 11.5 Å². The molecule has 26 heavy (non-hydrogen) atoms. The SMILES string of the molecule is COc1cc(CNC(C)C(=O)O)cc(Br)c1OCc1ccc(Cl)cc1Cl. The summed E-state index contributed by atoms with van der Waals surface area (Å²) in [7, 11) is 1.54. The molecule has 5 nitrogen and oxygen atoms in total. The monoisotopic (exact) mass is 461 g/mol. The van der Waals surface area contributed by atoms with Crippen molar-refractivity contribution in [1.82, 2.24) is 5.32 Å². The number of hydrogen-bond donors (Lipinski definition) is 2. The lowest BCUT2D eigenvalue weighted by Crippen LogP contribution is -2.33. The van der Waals surface area contributed by atoms with Gasteiger partial charge in [0.1, 0.15) is 12.6 Å². The summed E-state index contributed by atoms with van der Waals surface area (Å²) in [4.78, 5) is 10.9. The number of nitrogens with one attached hydrogen (secondary N) is 1. The number of halogens is 3. The van der Waals surface area contributed by atoms with Crippen LogP contribution >= 0.6 is 39.1 Å². The van der Waals surface area contributed by atoms with Gasteiger partial charge in [-0.2, -0.15) is 0 Å². The zero-order valence-electron chi connectivity index (χ0n) is 14.2. The topological polar surface area (TPSA) is 67.8 Å². The van der Waals surface area contributed by atoms with Crippen molar-refractivity contribution < 1.29 is 19.4 Å². The van der Waals surface area contributed by atoms with Gasteiger partial charge >= 0.3 is 5.97 Å². The number of aliphatic carboxylic acids is 1. The fourth-order valence-corrected chi connectivity index (χ4v) is 3.23. The third kappa shape index (κ3) is 5.51. The van der Waals surface area contributed by atoms with Crippen molar-refractivity contribution in [2.75, 3.05) is 7.11 Å². The van der Waals surface area contributed by atoms with Gasteiger partial charge in [0.2, 0.25) is 0 Å². The van der Waals surface area contributed by atoms with Crippen LogP contribution in [0.3, 0.4) is 0 Å². The Labute approximate surface area is 170 Å². The molecule has 0 radical (unpaired) electrons. The summed E-state index contributed by atoms with van der Waals surface area (Å²) < 4.78 is 12.0. The van der Waals surface area contributed by atoms with Crippen LogP contribution in [0.15, 0.2) is 34.8 Å². The second-order valence-electron chi connectivity index (χ2n) is 5.57. The van der Waals surface area contributed by atoms with Gasteiger partial charge < -0.3 is 19.9 Å². The van der Waals surface area contributed by atoms with E-state index in [9.17, 15) is 4.79 Å². The molecule has 2 N–H and O–H groups in total. The second kappa shape index (κ2) is 9.46. The second-order valence-corrected chi connectivity index (χ2v) is 7.27. The zero-order valence-corrected chi connectivity index (χ0v) is 17.3. The minimum absolute atomic E-state index is 0.249. The van der Waals surface area contributed by atoms with Gasteiger partial charge in [-0.25, -0.2) is 0 Å². The van der Waals surface area contributed by atoms with Crippen LogP contribution in [0.2, 0.25) is 10.0 Å². The third-order valence-corrected chi connectivity index (χ3v) is 4.84. The molecule has 1 atom stereocenters. The van der Waals surface area contributed by atoms with Crippen molar-refractivity contribution >= 4 is 45.1 Å². The molecule has 0 spiro atoms. The van der Waals surface area contributed by atoms with Crippen molar-refractivity contribution in [3.63, 3.8) is 0 Å². The normalized spacial score (nSPS) is 11.9. The predicted octanol–water partition coefficient (Wildman–Crippen LogP) is 4.91. The van der Waals surface area contributed by atoms with E-state index < -0.39 is 12.0 Å². The molecule has 0 saturated carbocycles. The Bertz CT molecular complexity index is 801. The third-order valence-electron chi connectivity index (χ3n) is 3.66. The molecule has 2 aromatic rings. The van der Waals surface area contributed by atoms with E-state index in [1.807, 2.05) is 6.07 Å². The average molecular weight is 463 g/mol.